The molecule has 21 nitrogen and oxygen atoms in total. The number of nitrogens with two attached hydrogens (primary N) is 2. The summed E-state index contributed by atoms with van der Waals surface area (Å²) in [5, 5.41) is 15.3. The number of nitrogen functional groups attached to an aromatic ring is 2. The second kappa shape index (κ2) is 11.3. The summed E-state index contributed by atoms with van der Waals surface area (Å²) in [6.07, 6.45) is -12.4. The lowest BCUT2D eigenvalue weighted by molar-refractivity contribution is -0.0658. The molecule has 10 atom stereocenters. The van der Waals surface area contributed by atoms with Crippen LogP contribution in [0.3, 0.4) is 0 Å². The maximum Gasteiger partial charge on any atom is 0.476 e. The number of aromatic nitrogens is 10. The summed E-state index contributed by atoms with van der Waals surface area (Å²) in [5.74, 6) is -0.307. The van der Waals surface area contributed by atoms with Crippen LogP contribution < -0.4 is 17.0 Å². The molecule has 0 radical (unpaired) electrons. The van der Waals surface area contributed by atoms with Crippen LogP contribution >= 0.6 is 38.8 Å². The molecule has 4 aromatic heterocycles. The summed E-state index contributed by atoms with van der Waals surface area (Å²) in [4.78, 5) is 48.3. The second-order valence-electron chi connectivity index (χ2n) is 9.85. The second-order valence-corrected chi connectivity index (χ2v) is 15.8. The van der Waals surface area contributed by atoms with E-state index in [2.05, 4.69) is 65.1 Å². The lowest BCUT2D eigenvalue weighted by Gasteiger charge is -2.23. The van der Waals surface area contributed by atoms with Crippen molar-refractivity contribution in [3.63, 3.8) is 0 Å². The van der Waals surface area contributed by atoms with Gasteiger partial charge in [0.05, 0.1) is 24.5 Å². The minimum Gasteiger partial charge on any atom is -0.382 e. The number of ether oxygens (including phenoxy) is 2. The topological polar surface area (TPSA) is 281 Å². The molecule has 0 aromatic carbocycles. The Morgan fingerprint density at radius 2 is 1.51 bits per heavy atom. The largest absolute Gasteiger partial charge is 0.476 e. The van der Waals surface area contributed by atoms with Crippen molar-refractivity contribution >= 4 is 72.9 Å². The average Bonchev–Trinajstić information content (AvgIpc) is 3.72. The van der Waals surface area contributed by atoms with Gasteiger partial charge in [-0.05, 0) is 0 Å². The number of alkyl halides is 2. The predicted molar refractivity (Wildman–Crippen MR) is 153 cm³/mol. The molecule has 2 unspecified atom stereocenters. The Kier molecular flexibility index (Phi) is 7.81. The number of nitrogens with zero attached hydrogens (tertiary/aromatic N) is 9. The van der Waals surface area contributed by atoms with Crippen molar-refractivity contribution in [1.82, 2.24) is 49.9 Å². The van der Waals surface area contributed by atoms with Gasteiger partial charge in [0.25, 0.3) is 5.56 Å². The van der Waals surface area contributed by atoms with E-state index in [4.69, 9.17) is 39.0 Å². The van der Waals surface area contributed by atoms with E-state index < -0.39 is 82.3 Å². The number of rotatable bonds is 2. The first-order valence-electron chi connectivity index (χ1n) is 12.7. The van der Waals surface area contributed by atoms with Gasteiger partial charge in [0.15, 0.2) is 65.2 Å². The fourth-order valence-electron chi connectivity index (χ4n) is 4.99. The van der Waals surface area contributed by atoms with Gasteiger partial charge in [0.2, 0.25) is 5.95 Å². The Morgan fingerprint density at radius 1 is 0.889 bits per heavy atom. The van der Waals surface area contributed by atoms with Crippen LogP contribution in [0, 0.1) is 0 Å². The van der Waals surface area contributed by atoms with Crippen LogP contribution in [0.2, 0.25) is 0 Å². The molecule has 2 bridgehead atoms. The first-order chi connectivity index (χ1) is 21.3. The first kappa shape index (κ1) is 31.1. The molecule has 3 fully saturated rings. The van der Waals surface area contributed by atoms with Crippen molar-refractivity contribution in [1.29, 1.82) is 0 Å². The van der Waals surface area contributed by atoms with Gasteiger partial charge in [-0.2, -0.15) is 42.2 Å². The maximum atomic E-state index is 16.0. The van der Waals surface area contributed by atoms with E-state index in [1.807, 2.05) is 0 Å². The Labute approximate surface area is 259 Å². The number of H-pyrrole nitrogens is 1. The molecule has 0 saturated carbocycles. The fourth-order valence-corrected chi connectivity index (χ4v) is 7.95. The summed E-state index contributed by atoms with van der Waals surface area (Å²) in [6.45, 7) is -1.37. The van der Waals surface area contributed by atoms with Crippen molar-refractivity contribution in [2.75, 3.05) is 24.7 Å². The number of hydrogen-bond acceptors (Lipinski definition) is 20. The standard InChI is InChI=1S/C18H21F2N12O9P2S2/c19-6-4-1-36-42(34,44)40-10-5(39-16(7(10)20)31-13-8(27-29-31)12(21)23-3-24-13)2-37-43(35,45)41-11(6)17(38-4)32-14-9(28-30-32)15(33)26-18(22)25-14/h3-7,10-11,16-17,34-35,44-45H,1-2H2,(H4-,21,22,23,24,25,26,29,30,33)/q+1/p+1/t4-,5-,6-,7+,10-,11-,16-,17-,42?,43?/m1/s1. The summed E-state index contributed by atoms with van der Waals surface area (Å²) >= 11 is 8.12. The monoisotopic (exact) mass is 714 g/mol. The number of hydrogen-bond donors (Lipinski definition) is 7. The zero-order valence-corrected chi connectivity index (χ0v) is 25.7. The van der Waals surface area contributed by atoms with Crippen LogP contribution in [0.25, 0.3) is 22.3 Å². The molecule has 3 aliphatic rings. The van der Waals surface area contributed by atoms with Gasteiger partial charge in [-0.25, -0.2) is 18.7 Å². The molecule has 3 aliphatic heterocycles. The molecule has 0 aliphatic carbocycles. The van der Waals surface area contributed by atoms with Crippen molar-refractivity contribution < 1.29 is 46.1 Å². The first-order valence-corrected chi connectivity index (χ1v) is 18.1. The summed E-state index contributed by atoms with van der Waals surface area (Å²) in [5.41, 5.74) is 10.4. The molecule has 7 heterocycles. The van der Waals surface area contributed by atoms with Gasteiger partial charge in [0, 0.05) is 0 Å². The van der Waals surface area contributed by atoms with Crippen LogP contribution in [-0.4, -0.2) is 110 Å². The smallest absolute Gasteiger partial charge is 0.382 e. The molecule has 45 heavy (non-hydrogen) atoms. The highest BCUT2D eigenvalue weighted by atomic mass is 32.7. The highest BCUT2D eigenvalue weighted by Gasteiger charge is 2.60. The highest BCUT2D eigenvalue weighted by Crippen LogP contribution is 2.67. The minimum absolute atomic E-state index is 0.0146. The third kappa shape index (κ3) is 5.59. The van der Waals surface area contributed by atoms with E-state index in [0.29, 0.717) is 0 Å². The predicted octanol–water partition coefficient (Wildman–Crippen LogP) is -0.599. The van der Waals surface area contributed by atoms with Crippen LogP contribution in [0.5, 0.6) is 0 Å². The number of halogens is 2. The van der Waals surface area contributed by atoms with Gasteiger partial charge in [0.1, 0.15) is 31.7 Å². The summed E-state index contributed by atoms with van der Waals surface area (Å²) in [7, 11) is -8.51. The van der Waals surface area contributed by atoms with E-state index in [0.717, 1.165) is 15.7 Å². The summed E-state index contributed by atoms with van der Waals surface area (Å²) < 4.78 is 67.3. The van der Waals surface area contributed by atoms with Crippen LogP contribution in [0.15, 0.2) is 11.1 Å². The van der Waals surface area contributed by atoms with E-state index in [1.165, 1.54) is 0 Å². The van der Waals surface area contributed by atoms with Gasteiger partial charge >= 0.3 is 14.3 Å². The Hall–Kier alpha value is -2.54. The zero-order valence-electron chi connectivity index (χ0n) is 22.1. The van der Waals surface area contributed by atoms with E-state index >= 15 is 8.78 Å². The SMILES string of the molecule is Nc1nc2c(nnn2[C@@H]2O[C@@H]3CO[P+](O)(S)O[C@H]4[C@H](F)[C@H](n5nnc6c(N)ncnc65)O[C@@H]4CO[P+](O)(S)O[C@@H]2[C@@H]3F)c(=O)[nH]1. The molecule has 4 aromatic rings. The number of thiol groups is 2. The van der Waals surface area contributed by atoms with E-state index in [-0.39, 0.29) is 34.1 Å². The quantitative estimate of drug-likeness (QED) is 0.101. The minimum atomic E-state index is -4.27. The van der Waals surface area contributed by atoms with Crippen LogP contribution in [0.1, 0.15) is 12.5 Å². The van der Waals surface area contributed by atoms with E-state index in [9.17, 15) is 14.6 Å². The lowest BCUT2D eigenvalue weighted by Crippen LogP contribution is -2.35. The third-order valence-corrected chi connectivity index (χ3v) is 10.3. The maximum absolute atomic E-state index is 16.0. The van der Waals surface area contributed by atoms with Gasteiger partial charge in [-0.1, -0.05) is 10.4 Å². The number of aromatic amines is 1. The number of fused-ring (bicyclic) bond motifs is 5. The molecule has 0 spiro atoms. The molecule has 3 saturated heterocycles. The molecular formula is C18H22F2N12O9P2S2+2. The van der Waals surface area contributed by atoms with Gasteiger partial charge in [-0.3, -0.25) is 9.78 Å². The number of anilines is 2. The van der Waals surface area contributed by atoms with Crippen molar-refractivity contribution in [3.05, 3.63) is 16.7 Å². The third-order valence-electron chi connectivity index (χ3n) is 6.99. The van der Waals surface area contributed by atoms with E-state index in [1.54, 1.807) is 0 Å². The fraction of sp³-hybridized carbons (Fsp3) is 0.556. The van der Waals surface area contributed by atoms with Crippen molar-refractivity contribution in [2.45, 2.75) is 49.2 Å². The Balaban J connectivity index is 1.20. The van der Waals surface area contributed by atoms with Crippen molar-refractivity contribution in [2.24, 2.45) is 0 Å². The Bertz CT molecular complexity index is 1820. The molecule has 242 valence electrons. The average molecular weight is 715 g/mol. The van der Waals surface area contributed by atoms with Gasteiger partial charge < -0.3 is 20.9 Å². The van der Waals surface area contributed by atoms with Crippen molar-refractivity contribution in [3.8, 4) is 0 Å². The zero-order chi connectivity index (χ0) is 31.8. The molecule has 27 heteroatoms. The molecule has 7 rings (SSSR count). The molecule has 7 N–H and O–H groups in total. The normalized spacial score (nSPS) is 37.7. The van der Waals surface area contributed by atoms with Crippen LogP contribution in [-0.2, 0) is 27.6 Å². The summed E-state index contributed by atoms with van der Waals surface area (Å²) in [6, 6.07) is 0. The Morgan fingerprint density at radius 3 is 2.24 bits per heavy atom. The molecular weight excluding hydrogens is 692 g/mol. The van der Waals surface area contributed by atoms with Gasteiger partial charge in [-0.15, -0.1) is 10.2 Å². The lowest BCUT2D eigenvalue weighted by atomic mass is 10.1. The number of nitrogens with one attached hydrogen (secondary N) is 1. The van der Waals surface area contributed by atoms with Crippen LogP contribution in [0.4, 0.5) is 20.5 Å². The highest BCUT2D eigenvalue weighted by molar-refractivity contribution is 8.47. The molecule has 0 amide bonds.